The number of carboxylic acids is 2. The number of nitrogens with zero attached hydrogens (tertiary/aromatic N) is 2. The van der Waals surface area contributed by atoms with Crippen molar-refractivity contribution in [2.45, 2.75) is 25.3 Å². The minimum Gasteiger partial charge on any atom is -0.481 e. The van der Waals surface area contributed by atoms with Crippen molar-refractivity contribution < 1.29 is 29.1 Å². The Bertz CT molecular complexity index is 1010. The number of rotatable bonds is 5. The normalized spacial score (nSPS) is 13.8. The lowest BCUT2D eigenvalue weighted by Crippen LogP contribution is -2.20. The van der Waals surface area contributed by atoms with Crippen molar-refractivity contribution in [2.24, 2.45) is 0 Å². The van der Waals surface area contributed by atoms with Crippen LogP contribution < -0.4 is 5.43 Å². The third-order valence-corrected chi connectivity index (χ3v) is 4.02. The summed E-state index contributed by atoms with van der Waals surface area (Å²) in [6, 6.07) is 0.414. The first-order valence-corrected chi connectivity index (χ1v) is 7.22. The first-order chi connectivity index (χ1) is 11.7. The third kappa shape index (κ3) is 2.71. The van der Waals surface area contributed by atoms with Gasteiger partial charge in [-0.25, -0.2) is 9.18 Å². The van der Waals surface area contributed by atoms with E-state index < -0.39 is 56.7 Å². The maximum absolute atomic E-state index is 14.3. The van der Waals surface area contributed by atoms with Gasteiger partial charge in [-0.2, -0.15) is 0 Å². The van der Waals surface area contributed by atoms with E-state index in [0.717, 1.165) is 6.20 Å². The summed E-state index contributed by atoms with van der Waals surface area (Å²) in [5.74, 6) is -4.23. The molecule has 130 valence electrons. The molecule has 2 N–H and O–H groups in total. The quantitative estimate of drug-likeness (QED) is 0.618. The highest BCUT2D eigenvalue weighted by Gasteiger charge is 2.33. The number of aromatic carboxylic acids is 1. The lowest BCUT2D eigenvalue weighted by Gasteiger charge is -2.14. The molecule has 1 aliphatic rings. The van der Waals surface area contributed by atoms with Crippen LogP contribution in [0.25, 0.3) is 10.9 Å². The molecule has 1 aromatic heterocycles. The van der Waals surface area contributed by atoms with Gasteiger partial charge >= 0.3 is 11.9 Å². The van der Waals surface area contributed by atoms with Crippen molar-refractivity contribution in [1.82, 2.24) is 4.57 Å². The summed E-state index contributed by atoms with van der Waals surface area (Å²) in [5, 5.41) is 29.1. The number of carbonyl (C=O) groups is 2. The molecule has 0 atom stereocenters. The topological polar surface area (TPSA) is 140 Å². The molecule has 0 saturated heterocycles. The second-order valence-electron chi connectivity index (χ2n) is 5.72. The summed E-state index contributed by atoms with van der Waals surface area (Å²) in [6.45, 7) is 0. The first-order valence-electron chi connectivity index (χ1n) is 7.22. The molecule has 1 saturated carbocycles. The maximum atomic E-state index is 14.3. The molecule has 1 aliphatic carbocycles. The standard InChI is InChI=1S/C15H11FN2O7/c16-10-3-8-12(13(18(24)25)7(10)4-11(19)20)17(6-1-2-6)5-9(14(8)21)15(22)23/h3,5-6H,1-2,4H2,(H,19,20)(H,22,23). The van der Waals surface area contributed by atoms with Gasteiger partial charge in [0.25, 0.3) is 5.69 Å². The number of nitro groups is 1. The molecule has 1 fully saturated rings. The Morgan fingerprint density at radius 1 is 1.36 bits per heavy atom. The lowest BCUT2D eigenvalue weighted by molar-refractivity contribution is -0.384. The number of fused-ring (bicyclic) bond motifs is 1. The van der Waals surface area contributed by atoms with E-state index in [-0.39, 0.29) is 11.6 Å². The number of aliphatic carboxylic acids is 1. The molecular formula is C15H11FN2O7. The van der Waals surface area contributed by atoms with E-state index >= 15 is 0 Å². The monoisotopic (exact) mass is 350 g/mol. The van der Waals surface area contributed by atoms with Crippen LogP contribution in [-0.2, 0) is 11.2 Å². The molecule has 2 aromatic rings. The van der Waals surface area contributed by atoms with E-state index in [4.69, 9.17) is 10.2 Å². The average molecular weight is 350 g/mol. The molecule has 0 spiro atoms. The highest BCUT2D eigenvalue weighted by molar-refractivity contribution is 5.96. The summed E-state index contributed by atoms with van der Waals surface area (Å²) in [4.78, 5) is 45.1. The van der Waals surface area contributed by atoms with Crippen molar-refractivity contribution in [3.63, 3.8) is 0 Å². The molecule has 9 nitrogen and oxygen atoms in total. The molecule has 3 rings (SSSR count). The van der Waals surface area contributed by atoms with E-state index in [1.165, 1.54) is 4.57 Å². The summed E-state index contributed by atoms with van der Waals surface area (Å²) >= 11 is 0. The molecule has 1 aromatic carbocycles. The molecular weight excluding hydrogens is 339 g/mol. The number of pyridine rings is 1. The number of halogens is 1. The first kappa shape index (κ1) is 16.6. The Hall–Kier alpha value is -3.30. The summed E-state index contributed by atoms with van der Waals surface area (Å²) < 4.78 is 15.6. The van der Waals surface area contributed by atoms with Crippen LogP contribution in [0.1, 0.15) is 34.8 Å². The van der Waals surface area contributed by atoms with Crippen LogP contribution in [0, 0.1) is 15.9 Å². The summed E-state index contributed by atoms with van der Waals surface area (Å²) in [7, 11) is 0. The predicted molar refractivity (Wildman–Crippen MR) is 81.4 cm³/mol. The fraction of sp³-hybridized carbons (Fsp3) is 0.267. The van der Waals surface area contributed by atoms with Crippen molar-refractivity contribution in [3.05, 3.63) is 49.5 Å². The molecule has 1 heterocycles. The molecule has 0 amide bonds. The van der Waals surface area contributed by atoms with E-state index in [9.17, 15) is 28.9 Å². The van der Waals surface area contributed by atoms with Crippen LogP contribution in [0.5, 0.6) is 0 Å². The van der Waals surface area contributed by atoms with Crippen molar-refractivity contribution in [3.8, 4) is 0 Å². The largest absolute Gasteiger partial charge is 0.481 e. The Morgan fingerprint density at radius 3 is 2.48 bits per heavy atom. The van der Waals surface area contributed by atoms with Crippen LogP contribution in [-0.4, -0.2) is 31.6 Å². The molecule has 0 radical (unpaired) electrons. The Labute approximate surface area is 138 Å². The minimum atomic E-state index is -1.53. The van der Waals surface area contributed by atoms with Crippen molar-refractivity contribution >= 4 is 28.5 Å². The van der Waals surface area contributed by atoms with E-state index in [0.29, 0.717) is 18.9 Å². The van der Waals surface area contributed by atoms with Crippen LogP contribution in [0.2, 0.25) is 0 Å². The van der Waals surface area contributed by atoms with E-state index in [2.05, 4.69) is 0 Å². The predicted octanol–water partition coefficient (Wildman–Crippen LogP) is 1.71. The van der Waals surface area contributed by atoms with Gasteiger partial charge in [-0.15, -0.1) is 0 Å². The highest BCUT2D eigenvalue weighted by atomic mass is 19.1. The molecule has 10 heteroatoms. The van der Waals surface area contributed by atoms with Gasteiger partial charge in [0.1, 0.15) is 16.9 Å². The Morgan fingerprint density at radius 2 is 2.00 bits per heavy atom. The van der Waals surface area contributed by atoms with Gasteiger partial charge in [-0.3, -0.25) is 19.7 Å². The molecule has 25 heavy (non-hydrogen) atoms. The number of hydrogen-bond acceptors (Lipinski definition) is 5. The third-order valence-electron chi connectivity index (χ3n) is 4.02. The van der Waals surface area contributed by atoms with Crippen molar-refractivity contribution in [2.75, 3.05) is 0 Å². The zero-order chi connectivity index (χ0) is 18.5. The lowest BCUT2D eigenvalue weighted by atomic mass is 10.0. The van der Waals surface area contributed by atoms with Gasteiger partial charge in [0, 0.05) is 12.2 Å². The molecule has 0 unspecified atom stereocenters. The summed E-state index contributed by atoms with van der Waals surface area (Å²) in [6.07, 6.45) is 1.29. The average Bonchev–Trinajstić information content (AvgIpc) is 3.32. The van der Waals surface area contributed by atoms with Crippen LogP contribution >= 0.6 is 0 Å². The zero-order valence-corrected chi connectivity index (χ0v) is 12.6. The maximum Gasteiger partial charge on any atom is 0.341 e. The SMILES string of the molecule is O=C(O)Cc1c(F)cc2c(=O)c(C(=O)O)cn(C3CC3)c2c1[N+](=O)[O-]. The minimum absolute atomic E-state index is 0.250. The van der Waals surface area contributed by atoms with Gasteiger partial charge in [0.2, 0.25) is 5.43 Å². The number of benzene rings is 1. The van der Waals surface area contributed by atoms with Gasteiger partial charge in [-0.1, -0.05) is 0 Å². The molecule has 0 bridgehead atoms. The Kier molecular flexibility index (Phi) is 3.74. The van der Waals surface area contributed by atoms with E-state index in [1.807, 2.05) is 0 Å². The number of aromatic nitrogens is 1. The molecule has 0 aliphatic heterocycles. The number of carboxylic acid groups (broad SMARTS) is 2. The fourth-order valence-corrected chi connectivity index (χ4v) is 2.82. The van der Waals surface area contributed by atoms with Crippen LogP contribution in [0.4, 0.5) is 10.1 Å². The smallest absolute Gasteiger partial charge is 0.341 e. The fourth-order valence-electron chi connectivity index (χ4n) is 2.82. The van der Waals surface area contributed by atoms with E-state index in [1.54, 1.807) is 0 Å². The van der Waals surface area contributed by atoms with Crippen LogP contribution in [0.15, 0.2) is 17.1 Å². The van der Waals surface area contributed by atoms with Crippen LogP contribution in [0.3, 0.4) is 0 Å². The van der Waals surface area contributed by atoms with Gasteiger partial charge in [0.05, 0.1) is 22.3 Å². The van der Waals surface area contributed by atoms with Gasteiger partial charge in [-0.05, 0) is 18.9 Å². The second kappa shape index (κ2) is 5.65. The Balaban J connectivity index is 2.52. The van der Waals surface area contributed by atoms with Gasteiger partial charge in [0.15, 0.2) is 0 Å². The number of nitro benzene ring substituents is 1. The van der Waals surface area contributed by atoms with Gasteiger partial charge < -0.3 is 14.8 Å². The number of hydrogen-bond donors (Lipinski definition) is 2. The second-order valence-corrected chi connectivity index (χ2v) is 5.72. The zero-order valence-electron chi connectivity index (χ0n) is 12.6. The highest BCUT2D eigenvalue weighted by Crippen LogP contribution is 2.40. The summed E-state index contributed by atoms with van der Waals surface area (Å²) in [5.41, 5.74) is -3.40. The van der Waals surface area contributed by atoms with Crippen molar-refractivity contribution in [1.29, 1.82) is 0 Å².